The van der Waals surface area contributed by atoms with Crippen LogP contribution in [-0.2, 0) is 4.74 Å². The van der Waals surface area contributed by atoms with E-state index in [4.69, 9.17) is 4.74 Å². The van der Waals surface area contributed by atoms with E-state index in [1.54, 1.807) is 0 Å². The van der Waals surface area contributed by atoms with E-state index in [1.165, 1.54) is 51.6 Å². The fourth-order valence-corrected chi connectivity index (χ4v) is 4.03. The van der Waals surface area contributed by atoms with Crippen molar-refractivity contribution >= 4 is 0 Å². The van der Waals surface area contributed by atoms with E-state index < -0.39 is 0 Å². The van der Waals surface area contributed by atoms with Gasteiger partial charge in [0.05, 0.1) is 6.61 Å². The highest BCUT2D eigenvalue weighted by molar-refractivity contribution is 4.95. The molecule has 2 unspecified atom stereocenters. The number of hydrogen-bond donors (Lipinski definition) is 1. The van der Waals surface area contributed by atoms with Crippen molar-refractivity contribution in [3.8, 4) is 0 Å². The Kier molecular flexibility index (Phi) is 4.26. The quantitative estimate of drug-likeness (QED) is 0.794. The molecule has 1 aliphatic carbocycles. The molecule has 1 aliphatic heterocycles. The van der Waals surface area contributed by atoms with Gasteiger partial charge in [-0.3, -0.25) is 0 Å². The number of methoxy groups -OCH3 is 1. The summed E-state index contributed by atoms with van der Waals surface area (Å²) in [5.74, 6) is 1.82. The van der Waals surface area contributed by atoms with Crippen LogP contribution in [0.4, 0.5) is 0 Å². The molecule has 0 aromatic carbocycles. The van der Waals surface area contributed by atoms with Crippen LogP contribution in [0.5, 0.6) is 0 Å². The van der Waals surface area contributed by atoms with Gasteiger partial charge in [0.1, 0.15) is 0 Å². The van der Waals surface area contributed by atoms with Crippen LogP contribution < -0.4 is 5.32 Å². The molecule has 2 fully saturated rings. The molecule has 2 aliphatic rings. The van der Waals surface area contributed by atoms with E-state index in [1.807, 2.05) is 7.11 Å². The van der Waals surface area contributed by atoms with Crippen molar-refractivity contribution < 1.29 is 4.74 Å². The van der Waals surface area contributed by atoms with Crippen LogP contribution in [-0.4, -0.2) is 26.8 Å². The van der Waals surface area contributed by atoms with E-state index in [0.717, 1.165) is 18.4 Å². The summed E-state index contributed by atoms with van der Waals surface area (Å²) in [5, 5.41) is 3.60. The monoisotopic (exact) mass is 225 g/mol. The lowest BCUT2D eigenvalue weighted by Gasteiger charge is -2.46. The molecule has 0 spiro atoms. The minimum Gasteiger partial charge on any atom is -0.384 e. The first kappa shape index (κ1) is 12.4. The van der Waals surface area contributed by atoms with Crippen molar-refractivity contribution in [1.82, 2.24) is 5.32 Å². The molecule has 1 heterocycles. The van der Waals surface area contributed by atoms with Gasteiger partial charge in [0.2, 0.25) is 0 Å². The Morgan fingerprint density at radius 3 is 2.69 bits per heavy atom. The van der Waals surface area contributed by atoms with E-state index in [9.17, 15) is 0 Å². The summed E-state index contributed by atoms with van der Waals surface area (Å²) in [6, 6.07) is 0. The van der Waals surface area contributed by atoms with Gasteiger partial charge < -0.3 is 10.1 Å². The standard InChI is InChI=1S/C14H27NO/c1-3-14(11-16-2)8-9-15-10-13(14)12-6-4-5-7-12/h12-13,15H,3-11H2,1-2H3. The minimum atomic E-state index is 0.467. The SMILES string of the molecule is CCC1(COC)CCNCC1C1CCCC1. The Morgan fingerprint density at radius 1 is 1.31 bits per heavy atom. The molecule has 2 heteroatoms. The lowest BCUT2D eigenvalue weighted by Crippen LogP contribution is -2.50. The Hall–Kier alpha value is -0.0800. The molecule has 16 heavy (non-hydrogen) atoms. The molecule has 1 N–H and O–H groups in total. The fraction of sp³-hybridized carbons (Fsp3) is 1.00. The molecule has 0 bridgehead atoms. The first-order chi connectivity index (χ1) is 7.82. The van der Waals surface area contributed by atoms with E-state index in [0.29, 0.717) is 5.41 Å². The summed E-state index contributed by atoms with van der Waals surface area (Å²) >= 11 is 0. The maximum Gasteiger partial charge on any atom is 0.0522 e. The predicted octanol–water partition coefficient (Wildman–Crippen LogP) is 2.83. The Morgan fingerprint density at radius 2 is 2.06 bits per heavy atom. The summed E-state index contributed by atoms with van der Waals surface area (Å²) < 4.78 is 5.54. The van der Waals surface area contributed by atoms with Gasteiger partial charge in [-0.2, -0.15) is 0 Å². The first-order valence-electron chi connectivity index (χ1n) is 7.02. The van der Waals surface area contributed by atoms with Gasteiger partial charge in [-0.1, -0.05) is 32.6 Å². The molecule has 2 atom stereocenters. The second kappa shape index (κ2) is 5.50. The Labute approximate surface area is 100 Å². The largest absolute Gasteiger partial charge is 0.384 e. The van der Waals surface area contributed by atoms with Crippen LogP contribution in [0.2, 0.25) is 0 Å². The topological polar surface area (TPSA) is 21.3 Å². The highest BCUT2D eigenvalue weighted by Crippen LogP contribution is 2.46. The number of ether oxygens (including phenoxy) is 1. The van der Waals surface area contributed by atoms with Gasteiger partial charge in [0.25, 0.3) is 0 Å². The smallest absolute Gasteiger partial charge is 0.0522 e. The lowest BCUT2D eigenvalue weighted by molar-refractivity contribution is -0.0184. The zero-order chi connectivity index (χ0) is 11.4. The summed E-state index contributed by atoms with van der Waals surface area (Å²) in [6.07, 6.45) is 8.40. The van der Waals surface area contributed by atoms with Crippen molar-refractivity contribution in [3.63, 3.8) is 0 Å². The summed E-state index contributed by atoms with van der Waals surface area (Å²) in [4.78, 5) is 0. The third-order valence-electron chi connectivity index (χ3n) is 5.06. The van der Waals surface area contributed by atoms with Crippen molar-refractivity contribution in [1.29, 1.82) is 0 Å². The average molecular weight is 225 g/mol. The van der Waals surface area contributed by atoms with Crippen LogP contribution in [0.15, 0.2) is 0 Å². The molecule has 0 amide bonds. The van der Waals surface area contributed by atoms with E-state index in [-0.39, 0.29) is 0 Å². The minimum absolute atomic E-state index is 0.467. The van der Waals surface area contributed by atoms with Gasteiger partial charge in [-0.25, -0.2) is 0 Å². The number of piperidine rings is 1. The van der Waals surface area contributed by atoms with Gasteiger partial charge in [0.15, 0.2) is 0 Å². The maximum absolute atomic E-state index is 5.54. The van der Waals surface area contributed by atoms with Crippen molar-refractivity contribution in [3.05, 3.63) is 0 Å². The van der Waals surface area contributed by atoms with Crippen LogP contribution in [0, 0.1) is 17.3 Å². The zero-order valence-corrected chi connectivity index (χ0v) is 10.9. The number of rotatable bonds is 4. The molecule has 0 radical (unpaired) electrons. The van der Waals surface area contributed by atoms with Gasteiger partial charge in [-0.05, 0) is 43.2 Å². The molecule has 2 rings (SSSR count). The second-order valence-corrected chi connectivity index (χ2v) is 5.75. The molecule has 2 nitrogen and oxygen atoms in total. The van der Waals surface area contributed by atoms with E-state index in [2.05, 4.69) is 12.2 Å². The highest BCUT2D eigenvalue weighted by Gasteiger charge is 2.43. The molecule has 0 aromatic rings. The van der Waals surface area contributed by atoms with Crippen molar-refractivity contribution in [2.45, 2.75) is 45.4 Å². The number of nitrogens with one attached hydrogen (secondary N) is 1. The summed E-state index contributed by atoms with van der Waals surface area (Å²) in [7, 11) is 1.87. The Bertz CT molecular complexity index is 209. The predicted molar refractivity (Wildman–Crippen MR) is 67.5 cm³/mol. The maximum atomic E-state index is 5.54. The van der Waals surface area contributed by atoms with Crippen molar-refractivity contribution in [2.75, 3.05) is 26.8 Å². The average Bonchev–Trinajstić information content (AvgIpc) is 2.83. The molecule has 94 valence electrons. The van der Waals surface area contributed by atoms with Gasteiger partial charge >= 0.3 is 0 Å². The lowest BCUT2D eigenvalue weighted by atomic mass is 9.64. The Balaban J connectivity index is 2.10. The molecule has 0 aromatic heterocycles. The molecular formula is C14H27NO. The van der Waals surface area contributed by atoms with Gasteiger partial charge in [0, 0.05) is 7.11 Å². The second-order valence-electron chi connectivity index (χ2n) is 5.75. The third kappa shape index (κ3) is 2.28. The summed E-state index contributed by atoms with van der Waals surface area (Å²) in [5.41, 5.74) is 0.467. The van der Waals surface area contributed by atoms with Crippen LogP contribution in [0.3, 0.4) is 0 Å². The number of hydrogen-bond acceptors (Lipinski definition) is 2. The van der Waals surface area contributed by atoms with Crippen LogP contribution in [0.1, 0.15) is 45.4 Å². The van der Waals surface area contributed by atoms with Crippen LogP contribution >= 0.6 is 0 Å². The van der Waals surface area contributed by atoms with Gasteiger partial charge in [-0.15, -0.1) is 0 Å². The molecule has 1 saturated carbocycles. The zero-order valence-electron chi connectivity index (χ0n) is 10.9. The normalized spacial score (nSPS) is 36.8. The first-order valence-corrected chi connectivity index (χ1v) is 7.02. The summed E-state index contributed by atoms with van der Waals surface area (Å²) in [6.45, 7) is 5.72. The fourth-order valence-electron chi connectivity index (χ4n) is 4.03. The van der Waals surface area contributed by atoms with Crippen LogP contribution in [0.25, 0.3) is 0 Å². The molecule has 1 saturated heterocycles. The third-order valence-corrected chi connectivity index (χ3v) is 5.06. The molecular weight excluding hydrogens is 198 g/mol. The van der Waals surface area contributed by atoms with Crippen molar-refractivity contribution in [2.24, 2.45) is 17.3 Å². The van der Waals surface area contributed by atoms with E-state index >= 15 is 0 Å². The highest BCUT2D eigenvalue weighted by atomic mass is 16.5.